The van der Waals surface area contributed by atoms with Gasteiger partial charge in [-0.3, -0.25) is 5.10 Å². The van der Waals surface area contributed by atoms with Crippen LogP contribution in [-0.2, 0) is 0 Å². The van der Waals surface area contributed by atoms with E-state index in [9.17, 15) is 0 Å². The number of benzene rings is 1. The monoisotopic (exact) mass is 293 g/mol. The first-order valence-corrected chi connectivity index (χ1v) is 6.33. The lowest BCUT2D eigenvalue weighted by molar-refractivity contribution is 0.630. The van der Waals surface area contributed by atoms with E-state index in [4.69, 9.17) is 0 Å². The number of rotatable bonds is 2. The van der Waals surface area contributed by atoms with Crippen LogP contribution in [0.25, 0.3) is 11.3 Å². The molecule has 90 valence electrons. The van der Waals surface area contributed by atoms with Crippen LogP contribution in [0.5, 0.6) is 0 Å². The predicted octanol–water partition coefficient (Wildman–Crippen LogP) is 4.05. The Morgan fingerprint density at radius 2 is 1.82 bits per heavy atom. The number of aromatic amines is 1. The molecule has 0 unspecified atom stereocenters. The third kappa shape index (κ3) is 3.33. The van der Waals surface area contributed by atoms with Gasteiger partial charge in [-0.25, -0.2) is 0 Å². The van der Waals surface area contributed by atoms with Gasteiger partial charge in [-0.05, 0) is 38.5 Å². The fraction of sp³-hybridized carbons (Fsp3) is 0.308. The van der Waals surface area contributed by atoms with E-state index >= 15 is 0 Å². The second kappa shape index (κ2) is 4.53. The highest BCUT2D eigenvalue weighted by atomic mass is 79.9. The van der Waals surface area contributed by atoms with E-state index in [2.05, 4.69) is 64.3 Å². The molecule has 0 spiro atoms. The summed E-state index contributed by atoms with van der Waals surface area (Å²) in [7, 11) is 0. The van der Waals surface area contributed by atoms with Crippen molar-refractivity contribution in [2.75, 3.05) is 5.32 Å². The Bertz CT molecular complexity index is 494. The Hall–Kier alpha value is -1.29. The molecule has 0 atom stereocenters. The number of H-pyrrole nitrogens is 1. The Balaban J connectivity index is 2.21. The van der Waals surface area contributed by atoms with Crippen LogP contribution < -0.4 is 5.32 Å². The summed E-state index contributed by atoms with van der Waals surface area (Å²) in [6, 6.07) is 10.2. The maximum atomic E-state index is 4.25. The zero-order valence-electron chi connectivity index (χ0n) is 10.2. The van der Waals surface area contributed by atoms with E-state index in [1.807, 2.05) is 18.2 Å². The molecule has 1 aromatic carbocycles. The van der Waals surface area contributed by atoms with Crippen molar-refractivity contribution in [3.63, 3.8) is 0 Å². The number of hydrogen-bond acceptors (Lipinski definition) is 2. The van der Waals surface area contributed by atoms with Gasteiger partial charge >= 0.3 is 0 Å². The molecule has 2 rings (SSSR count). The van der Waals surface area contributed by atoms with E-state index in [1.54, 1.807) is 0 Å². The largest absolute Gasteiger partial charge is 0.364 e. The molecule has 17 heavy (non-hydrogen) atoms. The van der Waals surface area contributed by atoms with Crippen molar-refractivity contribution in [2.24, 2.45) is 0 Å². The molecule has 0 amide bonds. The van der Waals surface area contributed by atoms with Crippen LogP contribution >= 0.6 is 15.9 Å². The van der Waals surface area contributed by atoms with Crippen molar-refractivity contribution >= 4 is 21.7 Å². The van der Waals surface area contributed by atoms with Crippen molar-refractivity contribution in [2.45, 2.75) is 26.3 Å². The summed E-state index contributed by atoms with van der Waals surface area (Å²) in [6.07, 6.45) is 0. The molecule has 0 bridgehead atoms. The first-order valence-electron chi connectivity index (χ1n) is 5.53. The average molecular weight is 294 g/mol. The molecule has 0 aliphatic carbocycles. The van der Waals surface area contributed by atoms with E-state index in [-0.39, 0.29) is 5.54 Å². The highest BCUT2D eigenvalue weighted by Crippen LogP contribution is 2.23. The molecule has 1 heterocycles. The molecular weight excluding hydrogens is 278 g/mol. The van der Waals surface area contributed by atoms with Gasteiger partial charge in [0.15, 0.2) is 0 Å². The Morgan fingerprint density at radius 1 is 1.18 bits per heavy atom. The van der Waals surface area contributed by atoms with Gasteiger partial charge in [-0.2, -0.15) is 5.10 Å². The van der Waals surface area contributed by atoms with Gasteiger partial charge in [0, 0.05) is 16.1 Å². The first-order chi connectivity index (χ1) is 7.94. The fourth-order valence-corrected chi connectivity index (χ4v) is 1.81. The van der Waals surface area contributed by atoms with Gasteiger partial charge in [0.1, 0.15) is 5.82 Å². The van der Waals surface area contributed by atoms with Crippen LogP contribution in [0.1, 0.15) is 20.8 Å². The lowest BCUT2D eigenvalue weighted by Gasteiger charge is -2.19. The normalized spacial score (nSPS) is 11.5. The van der Waals surface area contributed by atoms with Crippen LogP contribution in [0.15, 0.2) is 34.8 Å². The van der Waals surface area contributed by atoms with Gasteiger partial charge in [-0.1, -0.05) is 28.1 Å². The minimum Gasteiger partial charge on any atom is -0.364 e. The number of anilines is 1. The van der Waals surface area contributed by atoms with E-state index in [0.717, 1.165) is 21.5 Å². The van der Waals surface area contributed by atoms with Crippen LogP contribution in [0, 0.1) is 0 Å². The van der Waals surface area contributed by atoms with Gasteiger partial charge in [0.2, 0.25) is 0 Å². The molecule has 0 fully saturated rings. The fourth-order valence-electron chi connectivity index (χ4n) is 1.55. The van der Waals surface area contributed by atoms with Crippen LogP contribution in [0.2, 0.25) is 0 Å². The Labute approximate surface area is 110 Å². The SMILES string of the molecule is CC(C)(C)Nc1cc(-c2ccc(Br)cc2)[nH]n1. The predicted molar refractivity (Wildman–Crippen MR) is 75.1 cm³/mol. The van der Waals surface area contributed by atoms with E-state index < -0.39 is 0 Å². The standard InChI is InChI=1S/C13H16BrN3/c1-13(2,3)15-12-8-11(16-17-12)9-4-6-10(14)7-5-9/h4-8H,1-3H3,(H2,15,16,17). The maximum Gasteiger partial charge on any atom is 0.148 e. The summed E-state index contributed by atoms with van der Waals surface area (Å²) in [5.74, 6) is 0.871. The molecule has 1 aromatic heterocycles. The van der Waals surface area contributed by atoms with Gasteiger partial charge in [-0.15, -0.1) is 0 Å². The lowest BCUT2D eigenvalue weighted by Crippen LogP contribution is -2.26. The molecule has 0 aliphatic heterocycles. The summed E-state index contributed by atoms with van der Waals surface area (Å²) in [6.45, 7) is 6.34. The van der Waals surface area contributed by atoms with E-state index in [1.165, 1.54) is 0 Å². The number of nitrogens with one attached hydrogen (secondary N) is 2. The van der Waals surface area contributed by atoms with Gasteiger partial charge < -0.3 is 5.32 Å². The Morgan fingerprint density at radius 3 is 2.41 bits per heavy atom. The van der Waals surface area contributed by atoms with E-state index in [0.29, 0.717) is 0 Å². The summed E-state index contributed by atoms with van der Waals surface area (Å²) >= 11 is 3.42. The number of aromatic nitrogens is 2. The third-order valence-corrected chi connectivity index (χ3v) is 2.76. The topological polar surface area (TPSA) is 40.7 Å². The lowest BCUT2D eigenvalue weighted by atomic mass is 10.1. The molecule has 3 nitrogen and oxygen atoms in total. The molecular formula is C13H16BrN3. The Kier molecular flexibility index (Phi) is 3.24. The molecule has 4 heteroatoms. The van der Waals surface area contributed by atoms with Crippen LogP contribution in [0.3, 0.4) is 0 Å². The zero-order valence-corrected chi connectivity index (χ0v) is 11.8. The van der Waals surface area contributed by atoms with Crippen LogP contribution in [-0.4, -0.2) is 15.7 Å². The van der Waals surface area contributed by atoms with Crippen molar-refractivity contribution in [1.82, 2.24) is 10.2 Å². The quantitative estimate of drug-likeness (QED) is 0.877. The first kappa shape index (κ1) is 12.2. The minimum absolute atomic E-state index is 0.0200. The number of hydrogen-bond donors (Lipinski definition) is 2. The summed E-state index contributed by atoms with van der Waals surface area (Å²) in [5.41, 5.74) is 2.17. The number of halogens is 1. The summed E-state index contributed by atoms with van der Waals surface area (Å²) < 4.78 is 1.08. The second-order valence-corrected chi connectivity index (χ2v) is 5.96. The van der Waals surface area contributed by atoms with Gasteiger partial charge in [0.05, 0.1) is 5.69 Å². The summed E-state index contributed by atoms with van der Waals surface area (Å²) in [5, 5.41) is 10.6. The number of nitrogens with zero attached hydrogens (tertiary/aromatic N) is 1. The highest BCUT2D eigenvalue weighted by molar-refractivity contribution is 9.10. The molecule has 0 aliphatic rings. The molecule has 2 aromatic rings. The zero-order chi connectivity index (χ0) is 12.5. The molecule has 0 radical (unpaired) electrons. The summed E-state index contributed by atoms with van der Waals surface area (Å²) in [4.78, 5) is 0. The smallest absolute Gasteiger partial charge is 0.148 e. The van der Waals surface area contributed by atoms with Crippen LogP contribution in [0.4, 0.5) is 5.82 Å². The average Bonchev–Trinajstić information content (AvgIpc) is 2.64. The third-order valence-electron chi connectivity index (χ3n) is 2.24. The minimum atomic E-state index is 0.0200. The van der Waals surface area contributed by atoms with Crippen molar-refractivity contribution < 1.29 is 0 Å². The molecule has 0 saturated heterocycles. The maximum absolute atomic E-state index is 4.25. The molecule has 2 N–H and O–H groups in total. The molecule has 0 saturated carbocycles. The van der Waals surface area contributed by atoms with Crippen molar-refractivity contribution in [3.8, 4) is 11.3 Å². The highest BCUT2D eigenvalue weighted by Gasteiger charge is 2.11. The van der Waals surface area contributed by atoms with Gasteiger partial charge in [0.25, 0.3) is 0 Å². The second-order valence-electron chi connectivity index (χ2n) is 5.05. The van der Waals surface area contributed by atoms with Crippen molar-refractivity contribution in [1.29, 1.82) is 0 Å². The van der Waals surface area contributed by atoms with Crippen molar-refractivity contribution in [3.05, 3.63) is 34.8 Å².